The number of rotatable bonds is 0. The second kappa shape index (κ2) is 2.64. The first-order valence-electron chi connectivity index (χ1n) is 3.26. The van der Waals surface area contributed by atoms with Crippen LogP contribution in [0, 0.1) is 0 Å². The first-order valence-corrected chi connectivity index (χ1v) is 3.26. The van der Waals surface area contributed by atoms with Crippen molar-refractivity contribution in [3.8, 4) is 0 Å². The Balaban J connectivity index is 2.41. The molecule has 0 aliphatic heterocycles. The van der Waals surface area contributed by atoms with Crippen LogP contribution in [0.2, 0.25) is 0 Å². The van der Waals surface area contributed by atoms with E-state index in [2.05, 4.69) is 0 Å². The van der Waals surface area contributed by atoms with Crippen molar-refractivity contribution in [2.24, 2.45) is 0 Å². The molecule has 0 radical (unpaired) electrons. The van der Waals surface area contributed by atoms with Crippen LogP contribution in [0.15, 0.2) is 0 Å². The summed E-state index contributed by atoms with van der Waals surface area (Å²) < 4.78 is 0. The predicted octanol–water partition coefficient (Wildman–Crippen LogP) is -0.747. The van der Waals surface area contributed by atoms with Gasteiger partial charge in [0, 0.05) is 0 Å². The number of aliphatic hydroxyl groups is 3. The summed E-state index contributed by atoms with van der Waals surface area (Å²) in [5, 5.41) is 26.8. The van der Waals surface area contributed by atoms with Gasteiger partial charge in [-0.05, 0) is 19.3 Å². The van der Waals surface area contributed by atoms with E-state index in [0.717, 1.165) is 6.42 Å². The van der Waals surface area contributed by atoms with E-state index < -0.39 is 18.3 Å². The number of hydrogen-bond acceptors (Lipinski definition) is 3. The third-order valence-electron chi connectivity index (χ3n) is 1.79. The van der Waals surface area contributed by atoms with Crippen LogP contribution in [-0.4, -0.2) is 33.6 Å². The molecule has 0 saturated heterocycles. The molecule has 3 atom stereocenters. The normalized spacial score (nSPS) is 45.0. The lowest BCUT2D eigenvalue weighted by Gasteiger charge is -2.27. The Morgan fingerprint density at radius 3 is 1.67 bits per heavy atom. The molecule has 0 aromatic rings. The highest BCUT2D eigenvalue weighted by Gasteiger charge is 2.28. The fourth-order valence-corrected chi connectivity index (χ4v) is 1.13. The summed E-state index contributed by atoms with van der Waals surface area (Å²) in [4.78, 5) is 0. The smallest absolute Gasteiger partial charge is 0.106 e. The summed E-state index contributed by atoms with van der Waals surface area (Å²) in [6.07, 6.45) is -0.322. The van der Waals surface area contributed by atoms with Crippen LogP contribution in [0.1, 0.15) is 19.3 Å². The number of hydrogen-bond donors (Lipinski definition) is 3. The Bertz CT molecular complexity index is 84.3. The Morgan fingerprint density at radius 2 is 1.33 bits per heavy atom. The second-order valence-electron chi connectivity index (χ2n) is 2.56. The van der Waals surface area contributed by atoms with Gasteiger partial charge in [0.25, 0.3) is 0 Å². The SMILES string of the molecule is O[C@@H]1[C@H](O)CCC[C@@H]1O. The van der Waals surface area contributed by atoms with Crippen LogP contribution >= 0.6 is 0 Å². The first kappa shape index (κ1) is 6.99. The average molecular weight is 132 g/mol. The molecule has 1 rings (SSSR count). The van der Waals surface area contributed by atoms with Gasteiger partial charge in [-0.2, -0.15) is 0 Å². The summed E-state index contributed by atoms with van der Waals surface area (Å²) in [6.45, 7) is 0. The van der Waals surface area contributed by atoms with Crippen molar-refractivity contribution in [1.29, 1.82) is 0 Å². The molecule has 3 N–H and O–H groups in total. The maximum atomic E-state index is 8.95. The van der Waals surface area contributed by atoms with Gasteiger partial charge in [-0.1, -0.05) is 0 Å². The van der Waals surface area contributed by atoms with E-state index in [1.165, 1.54) is 0 Å². The monoisotopic (exact) mass is 132 g/mol. The van der Waals surface area contributed by atoms with Gasteiger partial charge >= 0.3 is 0 Å². The van der Waals surface area contributed by atoms with Crippen LogP contribution in [-0.2, 0) is 0 Å². The van der Waals surface area contributed by atoms with E-state index in [1.807, 2.05) is 0 Å². The largest absolute Gasteiger partial charge is 0.390 e. The maximum Gasteiger partial charge on any atom is 0.106 e. The minimum Gasteiger partial charge on any atom is -0.390 e. The van der Waals surface area contributed by atoms with E-state index >= 15 is 0 Å². The molecule has 1 aliphatic carbocycles. The topological polar surface area (TPSA) is 60.7 Å². The fraction of sp³-hybridized carbons (Fsp3) is 1.00. The highest BCUT2D eigenvalue weighted by atomic mass is 16.4. The molecule has 0 aromatic carbocycles. The van der Waals surface area contributed by atoms with Crippen molar-refractivity contribution in [1.82, 2.24) is 0 Å². The molecule has 0 heterocycles. The average Bonchev–Trinajstić information content (AvgIpc) is 1.83. The molecule has 1 saturated carbocycles. The van der Waals surface area contributed by atoms with Gasteiger partial charge in [-0.25, -0.2) is 0 Å². The quantitative estimate of drug-likeness (QED) is 0.406. The summed E-state index contributed by atoms with van der Waals surface area (Å²) in [5.41, 5.74) is 0. The van der Waals surface area contributed by atoms with E-state index in [4.69, 9.17) is 15.3 Å². The Labute approximate surface area is 53.9 Å². The molecule has 3 heteroatoms. The van der Waals surface area contributed by atoms with Crippen LogP contribution in [0.5, 0.6) is 0 Å². The minimum atomic E-state index is -0.918. The molecule has 9 heavy (non-hydrogen) atoms. The summed E-state index contributed by atoms with van der Waals surface area (Å²) in [7, 11) is 0. The van der Waals surface area contributed by atoms with Crippen molar-refractivity contribution >= 4 is 0 Å². The highest BCUT2D eigenvalue weighted by molar-refractivity contribution is 4.80. The first-order chi connectivity index (χ1) is 4.22. The fourth-order valence-electron chi connectivity index (χ4n) is 1.13. The van der Waals surface area contributed by atoms with Crippen LogP contribution in [0.4, 0.5) is 0 Å². The third kappa shape index (κ3) is 1.41. The van der Waals surface area contributed by atoms with Gasteiger partial charge in [-0.15, -0.1) is 0 Å². The third-order valence-corrected chi connectivity index (χ3v) is 1.79. The van der Waals surface area contributed by atoms with Crippen LogP contribution < -0.4 is 0 Å². The van der Waals surface area contributed by atoms with Crippen LogP contribution in [0.25, 0.3) is 0 Å². The van der Waals surface area contributed by atoms with Crippen molar-refractivity contribution in [3.63, 3.8) is 0 Å². The van der Waals surface area contributed by atoms with Crippen molar-refractivity contribution in [2.45, 2.75) is 37.6 Å². The van der Waals surface area contributed by atoms with Gasteiger partial charge in [0.2, 0.25) is 0 Å². The predicted molar refractivity (Wildman–Crippen MR) is 31.9 cm³/mol. The zero-order valence-electron chi connectivity index (χ0n) is 5.20. The highest BCUT2D eigenvalue weighted by Crippen LogP contribution is 2.18. The van der Waals surface area contributed by atoms with E-state index in [9.17, 15) is 0 Å². The van der Waals surface area contributed by atoms with Crippen molar-refractivity contribution in [2.75, 3.05) is 0 Å². The Kier molecular flexibility index (Phi) is 2.05. The van der Waals surface area contributed by atoms with Crippen LogP contribution in [0.3, 0.4) is 0 Å². The zero-order chi connectivity index (χ0) is 6.85. The number of aliphatic hydroxyl groups excluding tert-OH is 3. The zero-order valence-corrected chi connectivity index (χ0v) is 5.20. The maximum absolute atomic E-state index is 8.95. The summed E-state index contributed by atoms with van der Waals surface area (Å²) in [6, 6.07) is 0. The second-order valence-corrected chi connectivity index (χ2v) is 2.56. The standard InChI is InChI=1S/C6H12O3/c7-4-2-1-3-5(8)6(4)9/h4-9H,1-3H2/t4-,5+,6-. The van der Waals surface area contributed by atoms with Gasteiger partial charge < -0.3 is 15.3 Å². The van der Waals surface area contributed by atoms with Crippen molar-refractivity contribution < 1.29 is 15.3 Å². The lowest BCUT2D eigenvalue weighted by atomic mass is 9.92. The Hall–Kier alpha value is -0.120. The molecule has 0 bridgehead atoms. The summed E-state index contributed by atoms with van der Waals surface area (Å²) >= 11 is 0. The molecule has 1 fully saturated rings. The molecule has 1 aliphatic rings. The van der Waals surface area contributed by atoms with E-state index in [0.29, 0.717) is 12.8 Å². The van der Waals surface area contributed by atoms with Gasteiger partial charge in [0.05, 0.1) is 12.2 Å². The van der Waals surface area contributed by atoms with Gasteiger partial charge in [-0.3, -0.25) is 0 Å². The molecule has 0 aromatic heterocycles. The lowest BCUT2D eigenvalue weighted by molar-refractivity contribution is -0.0843. The molecule has 0 unspecified atom stereocenters. The van der Waals surface area contributed by atoms with Gasteiger partial charge in [0.15, 0.2) is 0 Å². The molecule has 3 nitrogen and oxygen atoms in total. The lowest BCUT2D eigenvalue weighted by Crippen LogP contribution is -2.40. The van der Waals surface area contributed by atoms with E-state index in [1.54, 1.807) is 0 Å². The molecule has 0 spiro atoms. The van der Waals surface area contributed by atoms with Crippen molar-refractivity contribution in [3.05, 3.63) is 0 Å². The molecule has 0 amide bonds. The summed E-state index contributed by atoms with van der Waals surface area (Å²) in [5.74, 6) is 0. The minimum absolute atomic E-state index is 0.609. The van der Waals surface area contributed by atoms with Gasteiger partial charge in [0.1, 0.15) is 6.10 Å². The molecule has 54 valence electrons. The van der Waals surface area contributed by atoms with E-state index in [-0.39, 0.29) is 0 Å². The molecular weight excluding hydrogens is 120 g/mol. The Morgan fingerprint density at radius 1 is 0.889 bits per heavy atom. The molecular formula is C6H12O3.